The summed E-state index contributed by atoms with van der Waals surface area (Å²) in [5.41, 5.74) is 1.92. The summed E-state index contributed by atoms with van der Waals surface area (Å²) in [5, 5.41) is 0.612. The Hall–Kier alpha value is -2.37. The van der Waals surface area contributed by atoms with Crippen molar-refractivity contribution in [1.29, 1.82) is 0 Å². The molecule has 1 aliphatic heterocycles. The molecule has 1 amide bonds. The highest BCUT2D eigenvalue weighted by molar-refractivity contribution is 6.30. The van der Waals surface area contributed by atoms with Gasteiger partial charge < -0.3 is 9.64 Å². The van der Waals surface area contributed by atoms with Crippen LogP contribution < -0.4 is 4.74 Å². The minimum atomic E-state index is -0.265. The van der Waals surface area contributed by atoms with Crippen molar-refractivity contribution in [2.24, 2.45) is 0 Å². The number of carbonyl (C=O) groups is 2. The van der Waals surface area contributed by atoms with Gasteiger partial charge in [-0.15, -0.1) is 0 Å². The van der Waals surface area contributed by atoms with Crippen molar-refractivity contribution in [3.63, 3.8) is 0 Å². The smallest absolute Gasteiger partial charge is 0.310 e. The third kappa shape index (κ3) is 5.81. The molecule has 2 aromatic rings. The summed E-state index contributed by atoms with van der Waals surface area (Å²) in [6.45, 7) is 6.67. The Morgan fingerprint density at radius 2 is 1.90 bits per heavy atom. The van der Waals surface area contributed by atoms with E-state index in [1.807, 2.05) is 41.3 Å². The lowest BCUT2D eigenvalue weighted by Gasteiger charge is -2.40. The molecule has 0 N–H and O–H groups in total. The monoisotopic (exact) mass is 414 g/mol. The highest BCUT2D eigenvalue weighted by Crippen LogP contribution is 2.26. The predicted molar refractivity (Wildman–Crippen MR) is 114 cm³/mol. The average molecular weight is 415 g/mol. The zero-order valence-electron chi connectivity index (χ0n) is 16.9. The first-order chi connectivity index (χ1) is 14.0. The van der Waals surface area contributed by atoms with Gasteiger partial charge in [-0.1, -0.05) is 48.9 Å². The van der Waals surface area contributed by atoms with E-state index in [0.717, 1.165) is 24.2 Å². The van der Waals surface area contributed by atoms with Crippen LogP contribution in [-0.4, -0.2) is 47.4 Å². The van der Waals surface area contributed by atoms with Gasteiger partial charge in [-0.2, -0.15) is 0 Å². The Balaban J connectivity index is 1.62. The number of rotatable bonds is 6. The standard InChI is InChI=1S/C23H27ClN2O3/c1-3-23(28)29-21-10-9-20(24)14-19(21)16-25-11-12-26(17(2)15-25)22(27)13-18-7-5-4-6-8-18/h4-10,14,17H,3,11-13,15-16H2,1-2H3/t17-/m0/s1. The zero-order valence-corrected chi connectivity index (χ0v) is 17.7. The molecule has 0 unspecified atom stereocenters. The Kier molecular flexibility index (Phi) is 7.29. The lowest BCUT2D eigenvalue weighted by atomic mass is 10.1. The lowest BCUT2D eigenvalue weighted by molar-refractivity contribution is -0.135. The topological polar surface area (TPSA) is 49.9 Å². The van der Waals surface area contributed by atoms with Crippen LogP contribution in [0, 0.1) is 0 Å². The number of benzene rings is 2. The number of hydrogen-bond donors (Lipinski definition) is 0. The van der Waals surface area contributed by atoms with E-state index in [0.29, 0.717) is 36.7 Å². The van der Waals surface area contributed by atoms with Crippen molar-refractivity contribution in [2.45, 2.75) is 39.3 Å². The Labute approximate surface area is 177 Å². The Morgan fingerprint density at radius 1 is 1.14 bits per heavy atom. The number of carbonyl (C=O) groups excluding carboxylic acids is 2. The van der Waals surface area contributed by atoms with Gasteiger partial charge in [0.15, 0.2) is 0 Å². The molecule has 1 aliphatic rings. The predicted octanol–water partition coefficient (Wildman–Crippen LogP) is 3.93. The highest BCUT2D eigenvalue weighted by Gasteiger charge is 2.28. The van der Waals surface area contributed by atoms with Gasteiger partial charge in [-0.25, -0.2) is 0 Å². The normalized spacial score (nSPS) is 17.2. The number of esters is 1. The maximum absolute atomic E-state index is 12.7. The number of halogens is 1. The van der Waals surface area contributed by atoms with Crippen LogP contribution >= 0.6 is 11.6 Å². The molecule has 0 radical (unpaired) electrons. The molecule has 1 fully saturated rings. The lowest BCUT2D eigenvalue weighted by Crippen LogP contribution is -2.54. The van der Waals surface area contributed by atoms with Crippen LogP contribution in [0.15, 0.2) is 48.5 Å². The van der Waals surface area contributed by atoms with Gasteiger partial charge in [0.1, 0.15) is 5.75 Å². The molecule has 154 valence electrons. The Bertz CT molecular complexity index is 856. The molecule has 0 aliphatic carbocycles. The van der Waals surface area contributed by atoms with Gasteiger partial charge >= 0.3 is 5.97 Å². The van der Waals surface area contributed by atoms with Crippen LogP contribution in [0.25, 0.3) is 0 Å². The van der Waals surface area contributed by atoms with Crippen LogP contribution in [0.4, 0.5) is 0 Å². The van der Waals surface area contributed by atoms with Crippen LogP contribution in [0.1, 0.15) is 31.4 Å². The largest absolute Gasteiger partial charge is 0.426 e. The molecular weight excluding hydrogens is 388 g/mol. The first-order valence-corrected chi connectivity index (χ1v) is 10.4. The van der Waals surface area contributed by atoms with Crippen molar-refractivity contribution < 1.29 is 14.3 Å². The van der Waals surface area contributed by atoms with Crippen LogP contribution in [0.2, 0.25) is 5.02 Å². The molecule has 2 aromatic carbocycles. The van der Waals surface area contributed by atoms with E-state index in [1.54, 1.807) is 19.1 Å². The molecule has 0 bridgehead atoms. The van der Waals surface area contributed by atoms with Crippen LogP contribution in [0.5, 0.6) is 5.75 Å². The summed E-state index contributed by atoms with van der Waals surface area (Å²) in [4.78, 5) is 28.7. The molecule has 29 heavy (non-hydrogen) atoms. The second kappa shape index (κ2) is 9.90. The van der Waals surface area contributed by atoms with Crippen molar-refractivity contribution in [1.82, 2.24) is 9.80 Å². The average Bonchev–Trinajstić information content (AvgIpc) is 2.70. The molecule has 1 saturated heterocycles. The molecule has 6 heteroatoms. The maximum atomic E-state index is 12.7. The van der Waals surface area contributed by atoms with Crippen molar-refractivity contribution in [2.75, 3.05) is 19.6 Å². The summed E-state index contributed by atoms with van der Waals surface area (Å²) >= 11 is 6.16. The third-order valence-corrected chi connectivity index (χ3v) is 5.39. The number of nitrogens with zero attached hydrogens (tertiary/aromatic N) is 2. The number of hydrogen-bond acceptors (Lipinski definition) is 4. The first kappa shape index (κ1) is 21.3. The molecule has 1 atom stereocenters. The van der Waals surface area contributed by atoms with Gasteiger partial charge in [0.05, 0.1) is 6.42 Å². The molecule has 0 saturated carbocycles. The fourth-order valence-electron chi connectivity index (χ4n) is 3.63. The van der Waals surface area contributed by atoms with Crippen molar-refractivity contribution in [3.8, 4) is 5.75 Å². The van der Waals surface area contributed by atoms with Gasteiger partial charge in [0, 0.05) is 49.2 Å². The van der Waals surface area contributed by atoms with Crippen molar-refractivity contribution >= 4 is 23.5 Å². The molecular formula is C23H27ClN2O3. The van der Waals surface area contributed by atoms with Gasteiger partial charge in [0.2, 0.25) is 5.91 Å². The highest BCUT2D eigenvalue weighted by atomic mass is 35.5. The summed E-state index contributed by atoms with van der Waals surface area (Å²) in [7, 11) is 0. The van der Waals surface area contributed by atoms with Crippen LogP contribution in [0.3, 0.4) is 0 Å². The first-order valence-electron chi connectivity index (χ1n) is 10.0. The van der Waals surface area contributed by atoms with E-state index in [9.17, 15) is 9.59 Å². The number of amides is 1. The summed E-state index contributed by atoms with van der Waals surface area (Å²) in [6.07, 6.45) is 0.748. The van der Waals surface area contributed by atoms with Gasteiger partial charge in [-0.3, -0.25) is 14.5 Å². The quantitative estimate of drug-likeness (QED) is 0.530. The van der Waals surface area contributed by atoms with E-state index in [2.05, 4.69) is 11.8 Å². The van der Waals surface area contributed by atoms with E-state index in [1.165, 1.54) is 0 Å². The third-order valence-electron chi connectivity index (χ3n) is 5.16. The summed E-state index contributed by atoms with van der Waals surface area (Å²) in [5.74, 6) is 0.443. The SMILES string of the molecule is CCC(=O)Oc1ccc(Cl)cc1CN1CCN(C(=O)Cc2ccccc2)[C@@H](C)C1. The molecule has 1 heterocycles. The van der Waals surface area contributed by atoms with Gasteiger partial charge in [-0.05, 0) is 30.7 Å². The second-order valence-corrected chi connectivity index (χ2v) is 7.85. The fourth-order valence-corrected chi connectivity index (χ4v) is 3.82. The minimum absolute atomic E-state index is 0.112. The number of piperazine rings is 1. The number of ether oxygens (including phenoxy) is 1. The Morgan fingerprint density at radius 3 is 2.59 bits per heavy atom. The maximum Gasteiger partial charge on any atom is 0.310 e. The molecule has 0 aromatic heterocycles. The summed E-state index contributed by atoms with van der Waals surface area (Å²) in [6, 6.07) is 15.3. The molecule has 3 rings (SSSR count). The second-order valence-electron chi connectivity index (χ2n) is 7.41. The van der Waals surface area contributed by atoms with Crippen LogP contribution in [-0.2, 0) is 22.6 Å². The fraction of sp³-hybridized carbons (Fsp3) is 0.391. The molecule has 0 spiro atoms. The van der Waals surface area contributed by atoms with E-state index in [-0.39, 0.29) is 17.9 Å². The van der Waals surface area contributed by atoms with E-state index in [4.69, 9.17) is 16.3 Å². The van der Waals surface area contributed by atoms with E-state index >= 15 is 0 Å². The van der Waals surface area contributed by atoms with Gasteiger partial charge in [0.25, 0.3) is 0 Å². The van der Waals surface area contributed by atoms with E-state index < -0.39 is 0 Å². The van der Waals surface area contributed by atoms with Crippen molar-refractivity contribution in [3.05, 3.63) is 64.7 Å². The summed E-state index contributed by atoms with van der Waals surface area (Å²) < 4.78 is 5.46. The zero-order chi connectivity index (χ0) is 20.8. The molecule has 5 nitrogen and oxygen atoms in total. The minimum Gasteiger partial charge on any atom is -0.426 e.